The molecule has 1 fully saturated rings. The molecule has 0 aliphatic carbocycles. The predicted molar refractivity (Wildman–Crippen MR) is 118 cm³/mol. The minimum atomic E-state index is -0.154. The number of thiazole rings is 1. The van der Waals surface area contributed by atoms with Crippen LogP contribution in [-0.2, 0) is 11.3 Å². The van der Waals surface area contributed by atoms with Crippen LogP contribution in [0.1, 0.15) is 18.5 Å². The van der Waals surface area contributed by atoms with Crippen LogP contribution < -0.4 is 10.5 Å². The number of hydrogen-bond donors (Lipinski definition) is 1. The van der Waals surface area contributed by atoms with Crippen LogP contribution in [0.15, 0.2) is 34.4 Å². The molecule has 3 aromatic rings. The number of benzene rings is 1. The summed E-state index contributed by atoms with van der Waals surface area (Å²) in [4.78, 5) is 37.3. The molecule has 4 rings (SSSR count). The average Bonchev–Trinajstić information content (AvgIpc) is 2.99. The number of aromatic amines is 1. The lowest BCUT2D eigenvalue weighted by Crippen LogP contribution is -2.36. The van der Waals surface area contributed by atoms with E-state index in [1.165, 1.54) is 4.57 Å². The molecule has 1 aliphatic rings. The summed E-state index contributed by atoms with van der Waals surface area (Å²) in [5.74, 6) is 0.0524. The number of H-pyrrole nitrogens is 1. The fraction of sp³-hybridized carbons (Fsp3) is 0.400. The number of nitrogens with zero attached hydrogens (tertiary/aromatic N) is 4. The highest BCUT2D eigenvalue weighted by atomic mass is 32.1. The molecule has 152 valence electrons. The van der Waals surface area contributed by atoms with Gasteiger partial charge in [-0.2, -0.15) is 0 Å². The van der Waals surface area contributed by atoms with E-state index in [9.17, 15) is 9.59 Å². The lowest BCUT2D eigenvalue weighted by Gasteiger charge is -2.22. The van der Waals surface area contributed by atoms with Gasteiger partial charge in [-0.25, -0.2) is 4.98 Å². The van der Waals surface area contributed by atoms with Crippen molar-refractivity contribution in [2.24, 2.45) is 0 Å². The fourth-order valence-electron chi connectivity index (χ4n) is 3.61. The maximum absolute atomic E-state index is 12.8. The second kappa shape index (κ2) is 8.46. The predicted octanol–water partition coefficient (Wildman–Crippen LogP) is 2.95. The van der Waals surface area contributed by atoms with E-state index < -0.39 is 0 Å². The number of para-hydroxylation sites is 1. The maximum Gasteiger partial charge on any atom is 0.262 e. The summed E-state index contributed by atoms with van der Waals surface area (Å²) in [5, 5.41) is 3.65. The van der Waals surface area contributed by atoms with Crippen molar-refractivity contribution in [1.82, 2.24) is 19.4 Å². The first-order chi connectivity index (χ1) is 14.0. The Hall–Kier alpha value is -2.52. The van der Waals surface area contributed by atoms with Crippen LogP contribution in [0.25, 0.3) is 10.9 Å². The molecule has 1 aromatic carbocycles. The van der Waals surface area contributed by atoms with E-state index in [1.807, 2.05) is 35.4 Å². The molecule has 29 heavy (non-hydrogen) atoms. The lowest BCUT2D eigenvalue weighted by molar-refractivity contribution is -0.131. The third-order valence-corrected chi connectivity index (χ3v) is 6.51. The summed E-state index contributed by atoms with van der Waals surface area (Å²) >= 11 is 6.98. The minimum absolute atomic E-state index is 0.0524. The molecule has 0 saturated carbocycles. The highest BCUT2D eigenvalue weighted by Crippen LogP contribution is 2.21. The Balaban J connectivity index is 1.42. The maximum atomic E-state index is 12.8. The van der Waals surface area contributed by atoms with Crippen molar-refractivity contribution in [2.45, 2.75) is 26.3 Å². The molecule has 1 saturated heterocycles. The number of carbonyl (C=O) groups is 1. The number of aromatic nitrogens is 3. The Labute approximate surface area is 177 Å². The molecular weight excluding hydrogens is 406 g/mol. The molecule has 9 heteroatoms. The van der Waals surface area contributed by atoms with Crippen LogP contribution in [0.4, 0.5) is 5.13 Å². The van der Waals surface area contributed by atoms with E-state index in [2.05, 4.69) is 14.9 Å². The van der Waals surface area contributed by atoms with Gasteiger partial charge in [0.15, 0.2) is 9.90 Å². The highest BCUT2D eigenvalue weighted by molar-refractivity contribution is 7.71. The summed E-state index contributed by atoms with van der Waals surface area (Å²) in [6, 6.07) is 7.28. The highest BCUT2D eigenvalue weighted by Gasteiger charge is 2.21. The fourth-order valence-corrected chi connectivity index (χ4v) is 4.75. The number of rotatable bonds is 4. The summed E-state index contributed by atoms with van der Waals surface area (Å²) in [6.07, 6.45) is 1.16. The van der Waals surface area contributed by atoms with Crippen LogP contribution in [0.3, 0.4) is 0 Å². The standard InChI is InChI=1S/C20H23N5O2S2/c1-14-13-29-20(21-14)24-9-4-8-23(11-12-24)17(26)7-10-25-18(27)15-5-2-3-6-16(15)22-19(25)28/h2-3,5-6,13H,4,7-12H2,1H3,(H,22,28). The monoisotopic (exact) mass is 429 g/mol. The Kier molecular flexibility index (Phi) is 5.77. The number of anilines is 1. The SMILES string of the molecule is Cc1csc(N2CCCN(C(=O)CCn3c(=S)[nH]c4ccccc4c3=O)CC2)n1. The number of amides is 1. The van der Waals surface area contributed by atoms with Crippen molar-refractivity contribution >= 4 is 45.5 Å². The summed E-state index contributed by atoms with van der Waals surface area (Å²) in [6.45, 7) is 5.33. The number of aryl methyl sites for hydroxylation is 1. The van der Waals surface area contributed by atoms with Crippen LogP contribution >= 0.6 is 23.6 Å². The van der Waals surface area contributed by atoms with Crippen molar-refractivity contribution < 1.29 is 4.79 Å². The van der Waals surface area contributed by atoms with Gasteiger partial charge in [-0.1, -0.05) is 12.1 Å². The Bertz CT molecular complexity index is 1150. The molecule has 0 radical (unpaired) electrons. The molecule has 1 N–H and O–H groups in total. The molecule has 0 spiro atoms. The molecule has 7 nitrogen and oxygen atoms in total. The van der Waals surface area contributed by atoms with Gasteiger partial charge in [-0.05, 0) is 37.7 Å². The first kappa shape index (κ1) is 19.8. The summed E-state index contributed by atoms with van der Waals surface area (Å²) in [7, 11) is 0. The van der Waals surface area contributed by atoms with Crippen molar-refractivity contribution in [3.63, 3.8) is 0 Å². The third-order valence-electron chi connectivity index (χ3n) is 5.16. The molecule has 0 atom stereocenters. The molecule has 0 unspecified atom stereocenters. The van der Waals surface area contributed by atoms with Crippen LogP contribution in [0.5, 0.6) is 0 Å². The first-order valence-electron chi connectivity index (χ1n) is 9.69. The van der Waals surface area contributed by atoms with Crippen molar-refractivity contribution in [1.29, 1.82) is 0 Å². The third kappa shape index (κ3) is 4.25. The molecule has 1 aliphatic heterocycles. The number of fused-ring (bicyclic) bond motifs is 1. The second-order valence-electron chi connectivity index (χ2n) is 7.18. The zero-order valence-corrected chi connectivity index (χ0v) is 17.9. The minimum Gasteiger partial charge on any atom is -0.346 e. The van der Waals surface area contributed by atoms with Crippen LogP contribution in [0.2, 0.25) is 0 Å². The van der Waals surface area contributed by atoms with E-state index in [0.717, 1.165) is 42.4 Å². The van der Waals surface area contributed by atoms with Crippen molar-refractivity contribution in [3.05, 3.63) is 50.5 Å². The molecule has 3 heterocycles. The van der Waals surface area contributed by atoms with Crippen LogP contribution in [0, 0.1) is 11.7 Å². The van der Waals surface area contributed by atoms with Crippen molar-refractivity contribution in [3.8, 4) is 0 Å². The smallest absolute Gasteiger partial charge is 0.262 e. The summed E-state index contributed by atoms with van der Waals surface area (Å²) in [5.41, 5.74) is 1.59. The quantitative estimate of drug-likeness (QED) is 0.646. The van der Waals surface area contributed by atoms with Gasteiger partial charge in [0.25, 0.3) is 5.56 Å². The largest absolute Gasteiger partial charge is 0.346 e. The Morgan fingerprint density at radius 3 is 2.86 bits per heavy atom. The zero-order chi connectivity index (χ0) is 20.4. The van der Waals surface area contributed by atoms with Gasteiger partial charge in [0.1, 0.15) is 0 Å². The molecule has 2 aromatic heterocycles. The normalized spacial score (nSPS) is 14.9. The van der Waals surface area contributed by atoms with E-state index in [4.69, 9.17) is 12.2 Å². The lowest BCUT2D eigenvalue weighted by atomic mass is 10.2. The summed E-state index contributed by atoms with van der Waals surface area (Å²) < 4.78 is 1.83. The zero-order valence-electron chi connectivity index (χ0n) is 16.3. The van der Waals surface area contributed by atoms with Crippen LogP contribution in [-0.4, -0.2) is 51.5 Å². The average molecular weight is 430 g/mol. The molecular formula is C20H23N5O2S2. The van der Waals surface area contributed by atoms with E-state index in [1.54, 1.807) is 17.4 Å². The van der Waals surface area contributed by atoms with E-state index in [-0.39, 0.29) is 24.4 Å². The van der Waals surface area contributed by atoms with Gasteiger partial charge >= 0.3 is 0 Å². The van der Waals surface area contributed by atoms with Gasteiger partial charge in [0, 0.05) is 44.5 Å². The molecule has 0 bridgehead atoms. The Morgan fingerprint density at radius 2 is 2.07 bits per heavy atom. The van der Waals surface area contributed by atoms with E-state index in [0.29, 0.717) is 16.7 Å². The van der Waals surface area contributed by atoms with Gasteiger partial charge < -0.3 is 14.8 Å². The Morgan fingerprint density at radius 1 is 1.24 bits per heavy atom. The number of carbonyl (C=O) groups excluding carboxylic acids is 1. The topological polar surface area (TPSA) is 74.2 Å². The number of nitrogens with one attached hydrogen (secondary N) is 1. The van der Waals surface area contributed by atoms with Crippen molar-refractivity contribution in [2.75, 3.05) is 31.1 Å². The van der Waals surface area contributed by atoms with Gasteiger partial charge in [-0.3, -0.25) is 14.2 Å². The van der Waals surface area contributed by atoms with Gasteiger partial charge in [-0.15, -0.1) is 11.3 Å². The van der Waals surface area contributed by atoms with Gasteiger partial charge in [0.05, 0.1) is 16.6 Å². The van der Waals surface area contributed by atoms with Gasteiger partial charge in [0.2, 0.25) is 5.91 Å². The molecule has 1 amide bonds. The number of hydrogen-bond acceptors (Lipinski definition) is 6. The van der Waals surface area contributed by atoms with E-state index >= 15 is 0 Å². The second-order valence-corrected chi connectivity index (χ2v) is 8.40. The first-order valence-corrected chi connectivity index (χ1v) is 11.0.